The molecule has 3 rings (SSSR count). The van der Waals surface area contributed by atoms with E-state index in [-0.39, 0.29) is 18.0 Å². The van der Waals surface area contributed by atoms with Crippen molar-refractivity contribution in [1.29, 1.82) is 0 Å². The van der Waals surface area contributed by atoms with Crippen molar-refractivity contribution < 1.29 is 24.2 Å². The van der Waals surface area contributed by atoms with E-state index in [1.807, 2.05) is 30.3 Å². The van der Waals surface area contributed by atoms with Gasteiger partial charge in [0.2, 0.25) is 0 Å². The number of anilines is 1. The Balaban J connectivity index is 1.43. The number of para-hydroxylation sites is 1. The summed E-state index contributed by atoms with van der Waals surface area (Å²) in [4.78, 5) is 24.9. The molecule has 1 amide bonds. The van der Waals surface area contributed by atoms with Crippen molar-refractivity contribution in [2.75, 3.05) is 11.4 Å². The first-order chi connectivity index (χ1) is 15.6. The first kappa shape index (κ1) is 23.6. The second-order valence-electron chi connectivity index (χ2n) is 8.27. The van der Waals surface area contributed by atoms with E-state index >= 15 is 0 Å². The first-order valence-corrected chi connectivity index (χ1v) is 11.6. The SMILES string of the molecule is CCCCCCC1C(=O)OC1CCCCN(C(=O)O)c1ccc(Oc2ccccc2)cc1. The number of hydrogen-bond donors (Lipinski definition) is 1. The van der Waals surface area contributed by atoms with Crippen molar-refractivity contribution >= 4 is 17.7 Å². The van der Waals surface area contributed by atoms with Gasteiger partial charge in [0.05, 0.1) is 5.92 Å². The molecule has 6 nitrogen and oxygen atoms in total. The molecule has 6 heteroatoms. The zero-order valence-electron chi connectivity index (χ0n) is 18.7. The number of esters is 1. The molecule has 1 aliphatic rings. The Morgan fingerprint density at radius 2 is 1.62 bits per heavy atom. The van der Waals surface area contributed by atoms with Crippen molar-refractivity contribution in [2.24, 2.45) is 5.92 Å². The number of amides is 1. The van der Waals surface area contributed by atoms with E-state index in [0.717, 1.165) is 37.9 Å². The van der Waals surface area contributed by atoms with Gasteiger partial charge in [0, 0.05) is 12.2 Å². The molecule has 1 N–H and O–H groups in total. The first-order valence-electron chi connectivity index (χ1n) is 11.6. The maximum atomic E-state index is 11.8. The Kier molecular flexibility index (Phi) is 8.96. The zero-order valence-corrected chi connectivity index (χ0v) is 18.7. The Hall–Kier alpha value is -3.02. The number of ether oxygens (including phenoxy) is 2. The van der Waals surface area contributed by atoms with Gasteiger partial charge in [-0.25, -0.2) is 4.79 Å². The molecular formula is C26H33NO5. The van der Waals surface area contributed by atoms with E-state index in [2.05, 4.69) is 6.92 Å². The molecule has 1 fully saturated rings. The van der Waals surface area contributed by atoms with Crippen LogP contribution in [0, 0.1) is 5.92 Å². The number of cyclic esters (lactones) is 1. The van der Waals surface area contributed by atoms with Crippen LogP contribution in [-0.2, 0) is 9.53 Å². The lowest BCUT2D eigenvalue weighted by atomic mass is 9.87. The van der Waals surface area contributed by atoms with Gasteiger partial charge in [-0.1, -0.05) is 50.8 Å². The van der Waals surface area contributed by atoms with Gasteiger partial charge in [-0.05, 0) is 62.1 Å². The Morgan fingerprint density at radius 1 is 0.938 bits per heavy atom. The highest BCUT2D eigenvalue weighted by Gasteiger charge is 2.40. The van der Waals surface area contributed by atoms with Crippen molar-refractivity contribution in [2.45, 2.75) is 64.4 Å². The second-order valence-corrected chi connectivity index (χ2v) is 8.27. The van der Waals surface area contributed by atoms with Gasteiger partial charge in [-0.15, -0.1) is 0 Å². The molecule has 2 aromatic carbocycles. The molecule has 1 heterocycles. The Bertz CT molecular complexity index is 852. The quantitative estimate of drug-likeness (QED) is 0.279. The zero-order chi connectivity index (χ0) is 22.8. The summed E-state index contributed by atoms with van der Waals surface area (Å²) in [6.45, 7) is 2.57. The lowest BCUT2D eigenvalue weighted by molar-refractivity contribution is -0.186. The molecule has 0 aromatic heterocycles. The smallest absolute Gasteiger partial charge is 0.411 e. The Labute approximate surface area is 190 Å². The van der Waals surface area contributed by atoms with Crippen molar-refractivity contribution in [1.82, 2.24) is 0 Å². The van der Waals surface area contributed by atoms with E-state index in [1.165, 1.54) is 17.7 Å². The fraction of sp³-hybridized carbons (Fsp3) is 0.462. The number of hydrogen-bond acceptors (Lipinski definition) is 4. The standard InChI is InChI=1S/C26H33NO5/c1-2-3-4-8-13-23-24(32-25(23)28)14-9-10-19-27(26(29)30)20-15-17-22(18-16-20)31-21-11-6-5-7-12-21/h5-7,11-12,15-18,23-24H,2-4,8-10,13-14,19H2,1H3,(H,29,30). The predicted molar refractivity (Wildman–Crippen MR) is 124 cm³/mol. The number of carbonyl (C=O) groups excluding carboxylic acids is 1. The molecule has 0 saturated carbocycles. The number of nitrogens with zero attached hydrogens (tertiary/aromatic N) is 1. The van der Waals surface area contributed by atoms with Gasteiger partial charge in [-0.2, -0.15) is 0 Å². The minimum Gasteiger partial charge on any atom is -0.465 e. The number of unbranched alkanes of at least 4 members (excludes halogenated alkanes) is 4. The number of carboxylic acid groups (broad SMARTS) is 1. The van der Waals surface area contributed by atoms with E-state index in [4.69, 9.17) is 9.47 Å². The molecule has 0 spiro atoms. The molecule has 172 valence electrons. The van der Waals surface area contributed by atoms with Gasteiger partial charge >= 0.3 is 12.1 Å². The van der Waals surface area contributed by atoms with Crippen LogP contribution in [0.15, 0.2) is 54.6 Å². The normalized spacial score (nSPS) is 17.3. The van der Waals surface area contributed by atoms with Gasteiger partial charge in [0.25, 0.3) is 0 Å². The van der Waals surface area contributed by atoms with Crippen LogP contribution in [0.4, 0.5) is 10.5 Å². The molecule has 2 unspecified atom stereocenters. The summed E-state index contributed by atoms with van der Waals surface area (Å²) in [5.74, 6) is 1.34. The van der Waals surface area contributed by atoms with E-state index in [1.54, 1.807) is 24.3 Å². The monoisotopic (exact) mass is 439 g/mol. The van der Waals surface area contributed by atoms with E-state index in [9.17, 15) is 14.7 Å². The summed E-state index contributed by atoms with van der Waals surface area (Å²) >= 11 is 0. The summed E-state index contributed by atoms with van der Waals surface area (Å²) in [6.07, 6.45) is 6.87. The molecule has 0 radical (unpaired) electrons. The fourth-order valence-electron chi connectivity index (χ4n) is 4.02. The largest absolute Gasteiger partial charge is 0.465 e. The third-order valence-corrected chi connectivity index (χ3v) is 5.87. The van der Waals surface area contributed by atoms with Crippen molar-refractivity contribution in [3.05, 3.63) is 54.6 Å². The molecule has 0 aliphatic carbocycles. The van der Waals surface area contributed by atoms with Gasteiger partial charge in [0.15, 0.2) is 0 Å². The topological polar surface area (TPSA) is 76.1 Å². The minimum atomic E-state index is -0.981. The molecule has 1 aliphatic heterocycles. The highest BCUT2D eigenvalue weighted by Crippen LogP contribution is 2.31. The van der Waals surface area contributed by atoms with Crippen LogP contribution in [-0.4, -0.2) is 29.8 Å². The molecule has 0 bridgehead atoms. The van der Waals surface area contributed by atoms with Crippen molar-refractivity contribution in [3.8, 4) is 11.5 Å². The summed E-state index contributed by atoms with van der Waals surface area (Å²) in [6, 6.07) is 16.5. The fourth-order valence-corrected chi connectivity index (χ4v) is 4.02. The summed E-state index contributed by atoms with van der Waals surface area (Å²) in [7, 11) is 0. The number of carbonyl (C=O) groups is 2. The average molecular weight is 440 g/mol. The van der Waals surface area contributed by atoms with Gasteiger partial charge in [0.1, 0.15) is 17.6 Å². The molecule has 32 heavy (non-hydrogen) atoms. The maximum Gasteiger partial charge on any atom is 0.411 e. The minimum absolute atomic E-state index is 0.00294. The third kappa shape index (κ3) is 6.74. The van der Waals surface area contributed by atoms with Crippen LogP contribution in [0.25, 0.3) is 0 Å². The molecule has 1 saturated heterocycles. The third-order valence-electron chi connectivity index (χ3n) is 5.87. The van der Waals surface area contributed by atoms with E-state index < -0.39 is 6.09 Å². The van der Waals surface area contributed by atoms with Gasteiger partial charge < -0.3 is 14.6 Å². The molecular weight excluding hydrogens is 406 g/mol. The van der Waals surface area contributed by atoms with Crippen LogP contribution < -0.4 is 9.64 Å². The second kappa shape index (κ2) is 12.1. The van der Waals surface area contributed by atoms with Crippen LogP contribution in [0.1, 0.15) is 58.3 Å². The average Bonchev–Trinajstić information content (AvgIpc) is 2.79. The summed E-state index contributed by atoms with van der Waals surface area (Å²) < 4.78 is 11.1. The van der Waals surface area contributed by atoms with Crippen molar-refractivity contribution in [3.63, 3.8) is 0 Å². The lowest BCUT2D eigenvalue weighted by Gasteiger charge is -2.35. The van der Waals surface area contributed by atoms with E-state index in [0.29, 0.717) is 24.4 Å². The Morgan fingerprint density at radius 3 is 2.28 bits per heavy atom. The number of rotatable bonds is 13. The maximum absolute atomic E-state index is 11.8. The number of benzene rings is 2. The van der Waals surface area contributed by atoms with Crippen LogP contribution >= 0.6 is 0 Å². The van der Waals surface area contributed by atoms with Crippen LogP contribution in [0.5, 0.6) is 11.5 Å². The van der Waals surface area contributed by atoms with Crippen LogP contribution in [0.3, 0.4) is 0 Å². The molecule has 2 aromatic rings. The summed E-state index contributed by atoms with van der Waals surface area (Å²) in [5, 5.41) is 9.64. The summed E-state index contributed by atoms with van der Waals surface area (Å²) in [5.41, 5.74) is 0.613. The predicted octanol–water partition coefficient (Wildman–Crippen LogP) is 6.65. The highest BCUT2D eigenvalue weighted by molar-refractivity contribution is 5.86. The highest BCUT2D eigenvalue weighted by atomic mass is 16.6. The molecule has 2 atom stereocenters. The van der Waals surface area contributed by atoms with Gasteiger partial charge in [-0.3, -0.25) is 9.69 Å². The lowest BCUT2D eigenvalue weighted by Crippen LogP contribution is -2.45. The van der Waals surface area contributed by atoms with Crippen LogP contribution in [0.2, 0.25) is 0 Å².